The summed E-state index contributed by atoms with van der Waals surface area (Å²) in [5, 5.41) is 3.44. The Morgan fingerprint density at radius 2 is 1.00 bits per heavy atom. The molecule has 5 aromatic heterocycles. The van der Waals surface area contributed by atoms with Crippen molar-refractivity contribution in [1.82, 2.24) is 35.1 Å². The van der Waals surface area contributed by atoms with Crippen molar-refractivity contribution < 1.29 is 19.5 Å². The van der Waals surface area contributed by atoms with Gasteiger partial charge in [-0.1, -0.05) is 49.7 Å². The minimum absolute atomic E-state index is 0. The summed E-state index contributed by atoms with van der Waals surface area (Å²) < 4.78 is 0. The van der Waals surface area contributed by atoms with E-state index in [2.05, 4.69) is 60.4 Å². The van der Waals surface area contributed by atoms with E-state index in [4.69, 9.17) is 0 Å². The molecule has 0 fully saturated rings. The van der Waals surface area contributed by atoms with E-state index < -0.39 is 0 Å². The van der Waals surface area contributed by atoms with E-state index in [9.17, 15) is 0 Å². The first kappa shape index (κ1) is 33.0. The van der Waals surface area contributed by atoms with Crippen LogP contribution in [0.3, 0.4) is 0 Å². The molecule has 5 aromatic rings. The van der Waals surface area contributed by atoms with Gasteiger partial charge in [-0.3, -0.25) is 24.9 Å². The van der Waals surface area contributed by atoms with Gasteiger partial charge >= 0.3 is 19.5 Å². The van der Waals surface area contributed by atoms with Gasteiger partial charge in [0.05, 0.1) is 22.8 Å². The van der Waals surface area contributed by atoms with Gasteiger partial charge in [-0.25, -0.2) is 0 Å². The summed E-state index contributed by atoms with van der Waals surface area (Å²) in [7, 11) is 2.04. The van der Waals surface area contributed by atoms with Crippen LogP contribution in [0.25, 0.3) is 28.5 Å². The van der Waals surface area contributed by atoms with Crippen molar-refractivity contribution >= 4 is 5.70 Å². The minimum Gasteiger partial charge on any atom is -0.454 e. The van der Waals surface area contributed by atoms with Gasteiger partial charge in [-0.05, 0) is 86.4 Å². The Morgan fingerprint density at radius 1 is 0.605 bits per heavy atom. The second-order valence-corrected chi connectivity index (χ2v) is 9.27. The quantitative estimate of drug-likeness (QED) is 0.114. The average Bonchev–Trinajstić information content (AvgIpc) is 3.08. The molecule has 1 aliphatic heterocycles. The molecular weight excluding hydrogens is 620 g/mol. The van der Waals surface area contributed by atoms with E-state index in [1.54, 1.807) is 24.8 Å². The summed E-state index contributed by atoms with van der Waals surface area (Å²) in [5.41, 5.74) is 5.78. The van der Waals surface area contributed by atoms with E-state index in [0.29, 0.717) is 0 Å². The molecule has 0 unspecified atom stereocenters. The molecule has 0 amide bonds. The molecule has 6 heterocycles. The third-order valence-corrected chi connectivity index (χ3v) is 6.12. The number of rotatable bonds is 7. The zero-order valence-electron chi connectivity index (χ0n) is 24.4. The van der Waals surface area contributed by atoms with Crippen LogP contribution < -0.4 is 5.32 Å². The van der Waals surface area contributed by atoms with Crippen molar-refractivity contribution in [2.75, 3.05) is 13.6 Å². The number of unbranched alkanes of at least 4 members (excludes halogenated alkanes) is 1. The maximum absolute atomic E-state index is 4.40. The third-order valence-electron chi connectivity index (χ3n) is 6.12. The fourth-order valence-electron chi connectivity index (χ4n) is 3.92. The molecule has 1 aliphatic rings. The van der Waals surface area contributed by atoms with Gasteiger partial charge in [0, 0.05) is 36.7 Å². The van der Waals surface area contributed by atoms with Crippen LogP contribution in [0.2, 0.25) is 0 Å². The van der Waals surface area contributed by atoms with Crippen molar-refractivity contribution in [3.8, 4) is 22.8 Å². The molecule has 0 saturated carbocycles. The van der Waals surface area contributed by atoms with Gasteiger partial charge < -0.3 is 10.2 Å². The van der Waals surface area contributed by atoms with Crippen LogP contribution in [0.5, 0.6) is 0 Å². The Balaban J connectivity index is 0.000000180. The predicted octanol–water partition coefficient (Wildman–Crippen LogP) is 7.09. The molecule has 1 N–H and O–H groups in total. The topological polar surface area (TPSA) is 79.7 Å². The molecular formula is C35H36N7Ru. The summed E-state index contributed by atoms with van der Waals surface area (Å²) in [6, 6.07) is 30.3. The maximum atomic E-state index is 4.40. The molecule has 0 aliphatic carbocycles. The molecule has 6 rings (SSSR count). The van der Waals surface area contributed by atoms with Crippen LogP contribution in [-0.2, 0) is 19.5 Å². The average molecular weight is 656 g/mol. The molecule has 8 heteroatoms. The van der Waals surface area contributed by atoms with Gasteiger partial charge in [0.15, 0.2) is 0 Å². The van der Waals surface area contributed by atoms with Crippen LogP contribution >= 0.6 is 0 Å². The number of hydrogen-bond donors (Lipinski definition) is 1. The Hall–Kier alpha value is -4.52. The summed E-state index contributed by atoms with van der Waals surface area (Å²) in [5.74, 6) is 0. The first-order chi connectivity index (χ1) is 20.7. The Labute approximate surface area is 267 Å². The SMILES string of the molecule is CCCCN[C-]1C=CN(C)C(c2ccccn2)=C1.[Ru+].c1ccc(-c2ccccn2)nc1.c1ccc(-c2ccccn2)nc1. The number of hydrogen-bond acceptors (Lipinski definition) is 7. The second-order valence-electron chi connectivity index (χ2n) is 9.27. The summed E-state index contributed by atoms with van der Waals surface area (Å²) in [6.45, 7) is 3.22. The van der Waals surface area contributed by atoms with Crippen molar-refractivity contribution in [2.24, 2.45) is 0 Å². The molecule has 7 nitrogen and oxygen atoms in total. The summed E-state index contributed by atoms with van der Waals surface area (Å²) in [4.78, 5) is 23.2. The number of aromatic nitrogens is 5. The van der Waals surface area contributed by atoms with Gasteiger partial charge in [0.1, 0.15) is 0 Å². The van der Waals surface area contributed by atoms with Crippen LogP contribution in [0, 0.1) is 6.04 Å². The second kappa shape index (κ2) is 18.8. The van der Waals surface area contributed by atoms with Crippen molar-refractivity contribution in [3.63, 3.8) is 0 Å². The summed E-state index contributed by atoms with van der Waals surface area (Å²) >= 11 is 0. The minimum atomic E-state index is 0. The zero-order valence-corrected chi connectivity index (χ0v) is 26.2. The molecule has 0 bridgehead atoms. The molecule has 1 radical (unpaired) electrons. The third kappa shape index (κ3) is 11.0. The van der Waals surface area contributed by atoms with Gasteiger partial charge in [-0.2, -0.15) is 0 Å². The van der Waals surface area contributed by atoms with Gasteiger partial charge in [-0.15, -0.1) is 18.4 Å². The van der Waals surface area contributed by atoms with Crippen LogP contribution in [0.15, 0.2) is 140 Å². The number of nitrogens with zero attached hydrogens (tertiary/aromatic N) is 6. The van der Waals surface area contributed by atoms with Crippen LogP contribution in [0.1, 0.15) is 25.5 Å². The molecule has 0 saturated heterocycles. The number of pyridine rings is 5. The molecule has 0 aromatic carbocycles. The fraction of sp³-hybridized carbons (Fsp3) is 0.143. The normalized spacial score (nSPS) is 11.6. The zero-order chi connectivity index (χ0) is 29.2. The van der Waals surface area contributed by atoms with Crippen molar-refractivity contribution in [2.45, 2.75) is 19.8 Å². The first-order valence-electron chi connectivity index (χ1n) is 14.0. The van der Waals surface area contributed by atoms with Gasteiger partial charge in [0.2, 0.25) is 0 Å². The van der Waals surface area contributed by atoms with E-state index in [0.717, 1.165) is 46.8 Å². The maximum Gasteiger partial charge on any atom is 1.00 e. The summed E-state index contributed by atoms with van der Waals surface area (Å²) in [6.07, 6.45) is 17.6. The van der Waals surface area contributed by atoms with Crippen molar-refractivity contribution in [3.05, 3.63) is 152 Å². The van der Waals surface area contributed by atoms with E-state index >= 15 is 0 Å². The van der Waals surface area contributed by atoms with Crippen molar-refractivity contribution in [1.29, 1.82) is 0 Å². The smallest absolute Gasteiger partial charge is 0.454 e. The number of nitrogens with one attached hydrogen (secondary N) is 1. The van der Waals surface area contributed by atoms with Crippen LogP contribution in [0.4, 0.5) is 0 Å². The molecule has 219 valence electrons. The molecule has 43 heavy (non-hydrogen) atoms. The molecule has 0 spiro atoms. The largest absolute Gasteiger partial charge is 1.00 e. The monoisotopic (exact) mass is 656 g/mol. The van der Waals surface area contributed by atoms with E-state index in [1.807, 2.05) is 104 Å². The predicted molar refractivity (Wildman–Crippen MR) is 170 cm³/mol. The Morgan fingerprint density at radius 3 is 1.35 bits per heavy atom. The van der Waals surface area contributed by atoms with E-state index in [1.165, 1.54) is 12.8 Å². The first-order valence-corrected chi connectivity index (χ1v) is 14.0. The fourth-order valence-corrected chi connectivity index (χ4v) is 3.92. The Kier molecular flexibility index (Phi) is 14.4. The standard InChI is InChI=1S/C15H20N3.2C10H8N2.Ru/c1-3-4-9-16-13-8-11-18(2)15(12-13)14-7-5-6-10-17-14;2*1-3-7-11-9(5-1)10-6-2-4-8-12-10;/h5-8,10-12,16H,3-4,9H2,1-2H3;2*1-8H;/q-1;;;+1. The van der Waals surface area contributed by atoms with Gasteiger partial charge in [0.25, 0.3) is 0 Å². The van der Waals surface area contributed by atoms with E-state index in [-0.39, 0.29) is 19.5 Å². The molecule has 0 atom stereocenters. The van der Waals surface area contributed by atoms with Crippen LogP contribution in [-0.4, -0.2) is 43.4 Å². The Bertz CT molecular complexity index is 1330.